The minimum atomic E-state index is 0. The number of likely N-dealkylation sites (tertiary alicyclic amines) is 3. The van der Waals surface area contributed by atoms with Crippen LogP contribution in [0, 0.1) is 35.5 Å². The van der Waals surface area contributed by atoms with Gasteiger partial charge in [-0.15, -0.1) is 0 Å². The predicted octanol–water partition coefficient (Wildman–Crippen LogP) is 9.66. The van der Waals surface area contributed by atoms with Crippen LogP contribution in [0.3, 0.4) is 0 Å². The van der Waals surface area contributed by atoms with Gasteiger partial charge in [-0.2, -0.15) is 0 Å². The van der Waals surface area contributed by atoms with Crippen molar-refractivity contribution in [2.75, 3.05) is 39.3 Å². The minimum Gasteiger partial charge on any atom is -0.301 e. The summed E-state index contributed by atoms with van der Waals surface area (Å²) in [5.41, 5.74) is 0. The molecule has 0 saturated carbocycles. The summed E-state index contributed by atoms with van der Waals surface area (Å²) in [6.45, 7) is 35.7. The van der Waals surface area contributed by atoms with Crippen molar-refractivity contribution in [3.05, 3.63) is 0 Å². The summed E-state index contributed by atoms with van der Waals surface area (Å²) in [5.74, 6) is 5.56. The summed E-state index contributed by atoms with van der Waals surface area (Å²) in [4.78, 5) is 7.72. The van der Waals surface area contributed by atoms with Gasteiger partial charge in [-0.25, -0.2) is 0 Å². The van der Waals surface area contributed by atoms with Gasteiger partial charge in [0.2, 0.25) is 0 Å². The fraction of sp³-hybridized carbons (Fsp3) is 1.00. The maximum absolute atomic E-state index is 2.60. The Bertz CT molecular complexity index is 441. The van der Waals surface area contributed by atoms with Gasteiger partial charge in [0.25, 0.3) is 0 Å². The van der Waals surface area contributed by atoms with Gasteiger partial charge in [0.15, 0.2) is 0 Å². The summed E-state index contributed by atoms with van der Waals surface area (Å²) in [5, 5.41) is 0. The van der Waals surface area contributed by atoms with Crippen molar-refractivity contribution in [1.82, 2.24) is 14.7 Å². The molecule has 3 heteroatoms. The highest BCUT2D eigenvalue weighted by molar-refractivity contribution is 4.83. The molecule has 3 aliphatic heterocycles. The highest BCUT2D eigenvalue weighted by Gasteiger charge is 2.30. The van der Waals surface area contributed by atoms with Gasteiger partial charge in [-0.3, -0.25) is 0 Å². The Morgan fingerprint density at radius 3 is 0.946 bits per heavy atom. The lowest BCUT2D eigenvalue weighted by atomic mass is 9.86. The number of nitrogens with zero attached hydrogens (tertiary/aromatic N) is 3. The molecule has 0 aromatic carbocycles. The van der Waals surface area contributed by atoms with Gasteiger partial charge >= 0.3 is 0 Å². The molecule has 3 saturated heterocycles. The lowest BCUT2D eigenvalue weighted by molar-refractivity contribution is 0.0408. The maximum Gasteiger partial charge on any atom is 0.00388 e. The van der Waals surface area contributed by atoms with Gasteiger partial charge in [0.05, 0.1) is 0 Å². The third-order valence-corrected chi connectivity index (χ3v) is 8.79. The van der Waals surface area contributed by atoms with Crippen LogP contribution in [0.15, 0.2) is 0 Å². The van der Waals surface area contributed by atoms with Crippen LogP contribution < -0.4 is 0 Å². The zero-order valence-corrected chi connectivity index (χ0v) is 24.9. The first-order chi connectivity index (χ1) is 15.3. The molecular weight excluding hydrogens is 450 g/mol. The molecule has 3 fully saturated rings. The smallest absolute Gasteiger partial charge is 0.00388 e. The van der Waals surface area contributed by atoms with E-state index in [1.54, 1.807) is 0 Å². The molecule has 37 heavy (non-hydrogen) atoms. The van der Waals surface area contributed by atoms with Gasteiger partial charge in [0.1, 0.15) is 0 Å². The van der Waals surface area contributed by atoms with Crippen LogP contribution >= 0.6 is 0 Å². The van der Waals surface area contributed by atoms with Crippen molar-refractivity contribution < 1.29 is 0 Å². The molecule has 0 amide bonds. The SMILES string of the molecule is C.C.C.C.CC(C)C1CCN(C(C)C)C1.CC(C)C1CCN(C(C)C)CC1.CC(C)C1CN(C(C)C)C1. The van der Waals surface area contributed by atoms with Crippen LogP contribution in [0.5, 0.6) is 0 Å². The van der Waals surface area contributed by atoms with E-state index >= 15 is 0 Å². The molecule has 0 bridgehead atoms. The number of hydrogen-bond acceptors (Lipinski definition) is 3. The Kier molecular flexibility index (Phi) is 25.7. The van der Waals surface area contributed by atoms with Crippen LogP contribution in [-0.2, 0) is 0 Å². The Balaban J connectivity index is -0.000000210. The summed E-state index contributed by atoms with van der Waals surface area (Å²) in [7, 11) is 0. The molecule has 1 unspecified atom stereocenters. The second-order valence-corrected chi connectivity index (χ2v) is 13.1. The standard InChI is InChI=1S/C11H23N.C10H21N.C9H19N.4CH4/c1-9(2)11-5-7-12(8-6-11)10(3)4;1-8(2)10-5-6-11(7-10)9(3)4;1-7(2)9-5-10(6-9)8(3)4;;;;/h9-11H,5-8H2,1-4H3;8-10H,5-7H2,1-4H3;7-9H,5-6H2,1-4H3;4*1H4. The Morgan fingerprint density at radius 2 is 0.676 bits per heavy atom. The van der Waals surface area contributed by atoms with Crippen molar-refractivity contribution in [2.24, 2.45) is 35.5 Å². The second kappa shape index (κ2) is 21.7. The normalized spacial score (nSPS) is 21.4. The molecule has 1 atom stereocenters. The summed E-state index contributed by atoms with van der Waals surface area (Å²) < 4.78 is 0. The molecular formula is C34H79N3. The molecule has 0 aromatic heterocycles. The average molecular weight is 530 g/mol. The van der Waals surface area contributed by atoms with Crippen molar-refractivity contribution >= 4 is 0 Å². The molecule has 0 spiro atoms. The lowest BCUT2D eigenvalue weighted by Gasteiger charge is -2.44. The predicted molar refractivity (Wildman–Crippen MR) is 176 cm³/mol. The third-order valence-electron chi connectivity index (χ3n) is 8.79. The largest absolute Gasteiger partial charge is 0.301 e. The summed E-state index contributed by atoms with van der Waals surface area (Å²) >= 11 is 0. The maximum atomic E-state index is 2.60. The monoisotopic (exact) mass is 530 g/mol. The minimum absolute atomic E-state index is 0. The molecule has 0 aromatic rings. The van der Waals surface area contributed by atoms with E-state index in [-0.39, 0.29) is 29.7 Å². The third kappa shape index (κ3) is 15.9. The van der Waals surface area contributed by atoms with E-state index in [0.29, 0.717) is 0 Å². The van der Waals surface area contributed by atoms with Crippen LogP contribution in [-0.4, -0.2) is 72.1 Å². The first-order valence-electron chi connectivity index (χ1n) is 14.5. The Hall–Kier alpha value is -0.120. The molecule has 3 aliphatic rings. The van der Waals surface area contributed by atoms with Crippen LogP contribution in [0.2, 0.25) is 0 Å². The van der Waals surface area contributed by atoms with Gasteiger partial charge in [0, 0.05) is 37.8 Å². The van der Waals surface area contributed by atoms with E-state index in [1.165, 1.54) is 58.5 Å². The van der Waals surface area contributed by atoms with E-state index in [9.17, 15) is 0 Å². The number of rotatable bonds is 6. The molecule has 0 N–H and O–H groups in total. The first-order valence-corrected chi connectivity index (χ1v) is 14.5. The highest BCUT2D eigenvalue weighted by Crippen LogP contribution is 2.26. The topological polar surface area (TPSA) is 9.72 Å². The van der Waals surface area contributed by atoms with Crippen molar-refractivity contribution in [3.8, 4) is 0 Å². The lowest BCUT2D eigenvalue weighted by Crippen LogP contribution is -2.51. The molecule has 3 heterocycles. The quantitative estimate of drug-likeness (QED) is 0.339. The first kappa shape index (κ1) is 43.9. The zero-order chi connectivity index (χ0) is 25.3. The highest BCUT2D eigenvalue weighted by atomic mass is 15.2. The molecule has 230 valence electrons. The number of hydrogen-bond donors (Lipinski definition) is 0. The molecule has 3 rings (SSSR count). The average Bonchev–Trinajstić information content (AvgIpc) is 3.18. The van der Waals surface area contributed by atoms with Crippen molar-refractivity contribution in [3.63, 3.8) is 0 Å². The summed E-state index contributed by atoms with van der Waals surface area (Å²) in [6.07, 6.45) is 4.24. The molecule has 0 aliphatic carbocycles. The fourth-order valence-electron chi connectivity index (χ4n) is 5.32. The zero-order valence-electron chi connectivity index (χ0n) is 24.9. The van der Waals surface area contributed by atoms with Crippen LogP contribution in [0.25, 0.3) is 0 Å². The second-order valence-electron chi connectivity index (χ2n) is 13.1. The van der Waals surface area contributed by atoms with Crippen molar-refractivity contribution in [2.45, 2.75) is 150 Å². The van der Waals surface area contributed by atoms with Gasteiger partial charge < -0.3 is 14.7 Å². The number of piperidine rings is 1. The van der Waals surface area contributed by atoms with Gasteiger partial charge in [-0.05, 0) is 116 Å². The van der Waals surface area contributed by atoms with E-state index in [1.807, 2.05) is 0 Å². The molecule has 0 radical (unpaired) electrons. The van der Waals surface area contributed by atoms with Crippen molar-refractivity contribution in [1.29, 1.82) is 0 Å². The molecule has 3 nitrogen and oxygen atoms in total. The van der Waals surface area contributed by atoms with Gasteiger partial charge in [-0.1, -0.05) is 71.2 Å². The van der Waals surface area contributed by atoms with Crippen LogP contribution in [0.1, 0.15) is 132 Å². The van der Waals surface area contributed by atoms with E-state index in [4.69, 9.17) is 0 Å². The summed E-state index contributed by atoms with van der Waals surface area (Å²) in [6, 6.07) is 2.26. The Labute approximate surface area is 239 Å². The van der Waals surface area contributed by atoms with E-state index in [0.717, 1.165) is 53.6 Å². The van der Waals surface area contributed by atoms with Crippen LogP contribution in [0.4, 0.5) is 0 Å². The fourth-order valence-corrected chi connectivity index (χ4v) is 5.32. The van der Waals surface area contributed by atoms with E-state index in [2.05, 4.69) is 97.8 Å². The Morgan fingerprint density at radius 1 is 0.378 bits per heavy atom. The van der Waals surface area contributed by atoms with E-state index < -0.39 is 0 Å².